The first-order valence-electron chi connectivity index (χ1n) is 6.19. The third-order valence-electron chi connectivity index (χ3n) is 3.46. The molecule has 3 rings (SSSR count). The number of amides is 1. The normalized spacial score (nSPS) is 18.2. The number of hydrogen-bond donors (Lipinski definition) is 0. The number of nitrogens with zero attached hydrogens (tertiary/aromatic N) is 3. The summed E-state index contributed by atoms with van der Waals surface area (Å²) in [6.45, 7) is 0.720. The molecule has 1 aliphatic heterocycles. The SMILES string of the molecule is Cn1cnc(C(=O)N2CCC2c2ccc(F)cc2)c1. The Balaban J connectivity index is 1.79. The van der Waals surface area contributed by atoms with Crippen LogP contribution in [0.2, 0.25) is 0 Å². The number of hydrogen-bond acceptors (Lipinski definition) is 2. The quantitative estimate of drug-likeness (QED) is 0.828. The molecule has 19 heavy (non-hydrogen) atoms. The van der Waals surface area contributed by atoms with Crippen molar-refractivity contribution in [2.45, 2.75) is 12.5 Å². The summed E-state index contributed by atoms with van der Waals surface area (Å²) >= 11 is 0. The van der Waals surface area contributed by atoms with Gasteiger partial charge in [-0.3, -0.25) is 4.79 Å². The van der Waals surface area contributed by atoms with Gasteiger partial charge in [0.05, 0.1) is 12.4 Å². The van der Waals surface area contributed by atoms with E-state index in [-0.39, 0.29) is 17.8 Å². The van der Waals surface area contributed by atoms with E-state index in [1.54, 1.807) is 34.1 Å². The highest BCUT2D eigenvalue weighted by Gasteiger charge is 2.34. The van der Waals surface area contributed by atoms with Crippen molar-refractivity contribution in [2.24, 2.45) is 7.05 Å². The second-order valence-corrected chi connectivity index (χ2v) is 4.78. The molecule has 1 fully saturated rings. The lowest BCUT2D eigenvalue weighted by Gasteiger charge is -2.41. The van der Waals surface area contributed by atoms with E-state index in [0.717, 1.165) is 18.5 Å². The van der Waals surface area contributed by atoms with Gasteiger partial charge < -0.3 is 9.47 Å². The third-order valence-corrected chi connectivity index (χ3v) is 3.46. The zero-order chi connectivity index (χ0) is 13.4. The lowest BCUT2D eigenvalue weighted by molar-refractivity contribution is 0.0454. The van der Waals surface area contributed by atoms with Crippen molar-refractivity contribution in [1.29, 1.82) is 0 Å². The van der Waals surface area contributed by atoms with Crippen molar-refractivity contribution in [2.75, 3.05) is 6.54 Å². The molecule has 1 aliphatic rings. The van der Waals surface area contributed by atoms with Gasteiger partial charge >= 0.3 is 0 Å². The minimum Gasteiger partial charge on any atom is -0.340 e. The maximum Gasteiger partial charge on any atom is 0.274 e. The molecule has 1 aromatic carbocycles. The Labute approximate surface area is 110 Å². The van der Waals surface area contributed by atoms with Gasteiger partial charge in [-0.2, -0.15) is 0 Å². The first kappa shape index (κ1) is 11.9. The summed E-state index contributed by atoms with van der Waals surface area (Å²) in [6, 6.07) is 6.36. The Bertz CT molecular complexity index is 605. The van der Waals surface area contributed by atoms with Crippen LogP contribution < -0.4 is 0 Å². The van der Waals surface area contributed by atoms with E-state index >= 15 is 0 Å². The number of benzene rings is 1. The van der Waals surface area contributed by atoms with Crippen LogP contribution in [0.1, 0.15) is 28.5 Å². The fraction of sp³-hybridized carbons (Fsp3) is 0.286. The second kappa shape index (κ2) is 4.50. The standard InChI is InChI=1S/C14H14FN3O/c1-17-8-12(16-9-17)14(19)18-7-6-13(18)10-2-4-11(15)5-3-10/h2-5,8-9,13H,6-7H2,1H3. The van der Waals surface area contributed by atoms with Gasteiger partial charge in [-0.1, -0.05) is 12.1 Å². The van der Waals surface area contributed by atoms with Crippen LogP contribution in [-0.4, -0.2) is 26.9 Å². The molecule has 1 amide bonds. The van der Waals surface area contributed by atoms with Crippen molar-refractivity contribution in [3.05, 3.63) is 53.9 Å². The number of carbonyl (C=O) groups is 1. The molecule has 0 spiro atoms. The summed E-state index contributed by atoms with van der Waals surface area (Å²) in [5.41, 5.74) is 1.42. The van der Waals surface area contributed by atoms with Gasteiger partial charge in [-0.15, -0.1) is 0 Å². The van der Waals surface area contributed by atoms with Crippen molar-refractivity contribution >= 4 is 5.91 Å². The van der Waals surface area contributed by atoms with Crippen LogP contribution in [0.5, 0.6) is 0 Å². The molecule has 2 aromatic rings. The smallest absolute Gasteiger partial charge is 0.274 e. The molecule has 4 nitrogen and oxygen atoms in total. The number of aromatic nitrogens is 2. The van der Waals surface area contributed by atoms with E-state index in [0.29, 0.717) is 5.69 Å². The molecule has 0 N–H and O–H groups in total. The summed E-state index contributed by atoms with van der Waals surface area (Å²) in [5.74, 6) is -0.327. The average molecular weight is 259 g/mol. The maximum atomic E-state index is 12.9. The fourth-order valence-corrected chi connectivity index (χ4v) is 2.33. The number of likely N-dealkylation sites (tertiary alicyclic amines) is 1. The highest BCUT2D eigenvalue weighted by atomic mass is 19.1. The van der Waals surface area contributed by atoms with E-state index in [1.807, 2.05) is 7.05 Å². The Morgan fingerprint density at radius 3 is 2.63 bits per heavy atom. The van der Waals surface area contributed by atoms with Gasteiger partial charge in [0.25, 0.3) is 5.91 Å². The molecule has 1 atom stereocenters. The fourth-order valence-electron chi connectivity index (χ4n) is 2.33. The number of halogens is 1. The van der Waals surface area contributed by atoms with Gasteiger partial charge in [0.2, 0.25) is 0 Å². The molecule has 0 bridgehead atoms. The Morgan fingerprint density at radius 2 is 2.11 bits per heavy atom. The molecule has 1 aromatic heterocycles. The van der Waals surface area contributed by atoms with E-state index in [9.17, 15) is 9.18 Å². The predicted octanol–water partition coefficient (Wildman–Crippen LogP) is 2.15. The average Bonchev–Trinajstić information content (AvgIpc) is 2.77. The third kappa shape index (κ3) is 2.12. The van der Waals surface area contributed by atoms with Crippen LogP contribution >= 0.6 is 0 Å². The van der Waals surface area contributed by atoms with Crippen molar-refractivity contribution in [1.82, 2.24) is 14.5 Å². The van der Waals surface area contributed by atoms with E-state index in [1.165, 1.54) is 12.1 Å². The highest BCUT2D eigenvalue weighted by Crippen LogP contribution is 2.34. The lowest BCUT2D eigenvalue weighted by atomic mass is 9.94. The summed E-state index contributed by atoms with van der Waals surface area (Å²) in [5, 5.41) is 0. The lowest BCUT2D eigenvalue weighted by Crippen LogP contribution is -2.45. The minimum absolute atomic E-state index is 0.0371. The zero-order valence-electron chi connectivity index (χ0n) is 10.6. The van der Waals surface area contributed by atoms with Crippen LogP contribution in [-0.2, 0) is 7.05 Å². The van der Waals surface area contributed by atoms with Gasteiger partial charge in [-0.25, -0.2) is 9.37 Å². The summed E-state index contributed by atoms with van der Waals surface area (Å²) in [7, 11) is 1.83. The minimum atomic E-state index is -0.259. The molecule has 0 aliphatic carbocycles. The van der Waals surface area contributed by atoms with E-state index in [2.05, 4.69) is 4.98 Å². The first-order chi connectivity index (χ1) is 9.15. The molecule has 5 heteroatoms. The number of rotatable bonds is 2. The number of carbonyl (C=O) groups excluding carboxylic acids is 1. The molecule has 1 unspecified atom stereocenters. The van der Waals surface area contributed by atoms with E-state index < -0.39 is 0 Å². The largest absolute Gasteiger partial charge is 0.340 e. The molecule has 0 radical (unpaired) electrons. The first-order valence-corrected chi connectivity index (χ1v) is 6.19. The number of aryl methyl sites for hydroxylation is 1. The molecule has 0 saturated carbocycles. The zero-order valence-corrected chi connectivity index (χ0v) is 10.6. The second-order valence-electron chi connectivity index (χ2n) is 4.78. The number of imidazole rings is 1. The Hall–Kier alpha value is -2.17. The molecular weight excluding hydrogens is 245 g/mol. The van der Waals surface area contributed by atoms with Crippen LogP contribution in [0.15, 0.2) is 36.8 Å². The summed E-state index contributed by atoms with van der Waals surface area (Å²) in [6.07, 6.45) is 4.23. The summed E-state index contributed by atoms with van der Waals surface area (Å²) in [4.78, 5) is 18.1. The Kier molecular flexibility index (Phi) is 2.81. The molecular formula is C14H14FN3O. The van der Waals surface area contributed by atoms with Crippen LogP contribution in [0.25, 0.3) is 0 Å². The Morgan fingerprint density at radius 1 is 1.37 bits per heavy atom. The van der Waals surface area contributed by atoms with Crippen molar-refractivity contribution < 1.29 is 9.18 Å². The highest BCUT2D eigenvalue weighted by molar-refractivity contribution is 5.93. The van der Waals surface area contributed by atoms with Crippen LogP contribution in [0.4, 0.5) is 4.39 Å². The van der Waals surface area contributed by atoms with Crippen molar-refractivity contribution in [3.8, 4) is 0 Å². The van der Waals surface area contributed by atoms with Gasteiger partial charge in [0, 0.05) is 19.8 Å². The predicted molar refractivity (Wildman–Crippen MR) is 68.0 cm³/mol. The van der Waals surface area contributed by atoms with Gasteiger partial charge in [0.15, 0.2) is 0 Å². The van der Waals surface area contributed by atoms with Crippen LogP contribution in [0.3, 0.4) is 0 Å². The van der Waals surface area contributed by atoms with Gasteiger partial charge in [0.1, 0.15) is 11.5 Å². The summed E-state index contributed by atoms with van der Waals surface area (Å²) < 4.78 is 14.7. The van der Waals surface area contributed by atoms with E-state index in [4.69, 9.17) is 0 Å². The monoisotopic (exact) mass is 259 g/mol. The molecule has 2 heterocycles. The van der Waals surface area contributed by atoms with Crippen LogP contribution in [0, 0.1) is 5.82 Å². The molecule has 1 saturated heterocycles. The topological polar surface area (TPSA) is 38.1 Å². The maximum absolute atomic E-state index is 12.9. The van der Waals surface area contributed by atoms with Gasteiger partial charge in [-0.05, 0) is 24.1 Å². The molecule has 98 valence electrons. The van der Waals surface area contributed by atoms with Crippen molar-refractivity contribution in [3.63, 3.8) is 0 Å².